The summed E-state index contributed by atoms with van der Waals surface area (Å²) >= 11 is 1.41. The Hall–Kier alpha value is -5.82. The van der Waals surface area contributed by atoms with Crippen LogP contribution in [0.4, 0.5) is 5.69 Å². The number of carboxylic acid groups (broad SMARTS) is 1. The van der Waals surface area contributed by atoms with Gasteiger partial charge in [0.25, 0.3) is 0 Å². The van der Waals surface area contributed by atoms with Gasteiger partial charge in [-0.1, -0.05) is 86.6 Å². The normalized spacial score (nSPS) is 20.5. The Kier molecular flexibility index (Phi) is 13.7. The predicted molar refractivity (Wildman–Crippen MR) is 206 cm³/mol. The van der Waals surface area contributed by atoms with Crippen LogP contribution in [-0.4, -0.2) is 64.8 Å². The number of fused-ring (bicyclic) bond motifs is 18. The molecule has 2 aliphatic heterocycles. The molecule has 3 aromatic carbocycles. The molecule has 12 nitrogen and oxygen atoms in total. The number of carbonyl (C=O) groups excluding carboxylic acids is 5. The van der Waals surface area contributed by atoms with Gasteiger partial charge in [-0.15, -0.1) is 11.3 Å². The van der Waals surface area contributed by atoms with Gasteiger partial charge in [0.15, 0.2) is 0 Å². The van der Waals surface area contributed by atoms with Crippen molar-refractivity contribution in [1.29, 1.82) is 0 Å². The number of benzene rings is 3. The summed E-state index contributed by atoms with van der Waals surface area (Å²) in [6.07, 6.45) is -0.0160. The molecular weight excluding hydrogens is 707 g/mol. The molecule has 13 heteroatoms. The van der Waals surface area contributed by atoms with Crippen molar-refractivity contribution in [2.75, 3.05) is 5.32 Å². The number of thiophene rings is 1. The molecule has 0 spiro atoms. The first-order chi connectivity index (χ1) is 25.9. The molecule has 1 aromatic heterocycles. The molecule has 2 aliphatic rings. The van der Waals surface area contributed by atoms with E-state index in [-0.39, 0.29) is 44.4 Å². The number of hydrogen-bond acceptors (Lipinski definition) is 7. The molecule has 4 atom stereocenters. The number of amides is 5. The lowest BCUT2D eigenvalue weighted by molar-refractivity contribution is -0.142. The third-order valence-electron chi connectivity index (χ3n) is 8.98. The second-order valence-corrected chi connectivity index (χ2v) is 14.8. The Morgan fingerprint density at radius 2 is 1.30 bits per heavy atom. The molecule has 0 aliphatic carbocycles. The maximum atomic E-state index is 14.2. The highest BCUT2D eigenvalue weighted by Gasteiger charge is 2.32. The summed E-state index contributed by atoms with van der Waals surface area (Å²) in [5.74, 6) is -4.22. The highest BCUT2D eigenvalue weighted by molar-refractivity contribution is 7.09. The van der Waals surface area contributed by atoms with Gasteiger partial charge < -0.3 is 31.7 Å². The predicted octanol–water partition coefficient (Wildman–Crippen LogP) is 4.25. The number of aliphatic carboxylic acids is 1. The van der Waals surface area contributed by atoms with E-state index in [1.165, 1.54) is 11.3 Å². The highest BCUT2D eigenvalue weighted by Crippen LogP contribution is 2.21. The molecule has 6 rings (SSSR count). The van der Waals surface area contributed by atoms with E-state index < -0.39 is 59.7 Å². The molecule has 3 heterocycles. The van der Waals surface area contributed by atoms with Crippen LogP contribution in [0.5, 0.6) is 0 Å². The Bertz CT molecular complexity index is 1920. The molecule has 0 unspecified atom stereocenters. The Morgan fingerprint density at radius 1 is 0.685 bits per heavy atom. The van der Waals surface area contributed by atoms with E-state index in [4.69, 9.17) is 0 Å². The molecule has 282 valence electrons. The zero-order chi connectivity index (χ0) is 38.6. The number of carbonyl (C=O) groups is 6. The van der Waals surface area contributed by atoms with Gasteiger partial charge in [-0.25, -0.2) is 4.79 Å². The minimum absolute atomic E-state index is 0.0517. The van der Waals surface area contributed by atoms with Gasteiger partial charge in [-0.3, -0.25) is 24.0 Å². The summed E-state index contributed by atoms with van der Waals surface area (Å²) in [7, 11) is 0. The number of nitrogens with one attached hydrogen (secondary N) is 5. The van der Waals surface area contributed by atoms with Crippen molar-refractivity contribution in [1.82, 2.24) is 21.3 Å². The van der Waals surface area contributed by atoms with Gasteiger partial charge in [0.2, 0.25) is 29.5 Å². The smallest absolute Gasteiger partial charge is 0.326 e. The van der Waals surface area contributed by atoms with Crippen LogP contribution < -0.4 is 26.6 Å². The van der Waals surface area contributed by atoms with Gasteiger partial charge >= 0.3 is 5.97 Å². The highest BCUT2D eigenvalue weighted by atomic mass is 32.1. The van der Waals surface area contributed by atoms with Crippen LogP contribution in [-0.2, 0) is 48.0 Å². The average Bonchev–Trinajstić information content (AvgIpc) is 3.67. The topological polar surface area (TPSA) is 183 Å². The third kappa shape index (κ3) is 11.6. The fraction of sp³-hybridized carbons (Fsp3) is 0.317. The lowest BCUT2D eigenvalue weighted by atomic mass is 9.98. The zero-order valence-electron chi connectivity index (χ0n) is 30.2. The van der Waals surface area contributed by atoms with Crippen LogP contribution in [0.25, 0.3) is 11.1 Å². The molecule has 2 bridgehead atoms. The summed E-state index contributed by atoms with van der Waals surface area (Å²) in [6.45, 7) is 3.75. The first-order valence-corrected chi connectivity index (χ1v) is 18.8. The van der Waals surface area contributed by atoms with E-state index in [2.05, 4.69) is 26.6 Å². The van der Waals surface area contributed by atoms with Crippen LogP contribution in [0.15, 0.2) is 96.4 Å². The SMILES string of the molecule is CC(C)C[C@@H]1NC(=O)[C@H](Cc2ccc(-c3ccccc3)cc2)NC(=O)[C@@H](Cc2cccs2)NC(=O)CCC(=O)Nc2ccc(cc2)C[C@H](C(=O)O)NC1=O. The van der Waals surface area contributed by atoms with Crippen molar-refractivity contribution in [3.63, 3.8) is 0 Å². The maximum absolute atomic E-state index is 14.2. The van der Waals surface area contributed by atoms with Crippen molar-refractivity contribution >= 4 is 52.5 Å². The van der Waals surface area contributed by atoms with E-state index in [1.807, 2.05) is 86.0 Å². The summed E-state index contributed by atoms with van der Waals surface area (Å²) < 4.78 is 0. The van der Waals surface area contributed by atoms with E-state index in [0.29, 0.717) is 11.3 Å². The molecule has 54 heavy (non-hydrogen) atoms. The van der Waals surface area contributed by atoms with Crippen LogP contribution in [0.1, 0.15) is 49.1 Å². The molecular formula is C41H45N5O7S. The van der Waals surface area contributed by atoms with Crippen LogP contribution in [0, 0.1) is 5.92 Å². The molecule has 0 saturated heterocycles. The Labute approximate surface area is 318 Å². The quantitative estimate of drug-likeness (QED) is 0.146. The standard InChI is InChI=1S/C41H45N5O7S/c1-25(2)21-32-38(49)46-35(41(52)53)23-27-12-16-30(17-13-27)42-36(47)18-19-37(48)43-34(24-31-9-6-20-54-31)40(51)45-33(39(50)44-32)22-26-10-14-29(15-11-26)28-7-4-3-5-8-28/h3-17,20,25,32-35H,18-19,21-24H2,1-2H3,(H,42,47)(H,43,48)(H,44,50)(H,45,51)(H,46,49)(H,52,53)/t32-,33-,34+,35+/m0/s1. The minimum Gasteiger partial charge on any atom is -0.480 e. The fourth-order valence-electron chi connectivity index (χ4n) is 6.14. The van der Waals surface area contributed by atoms with Crippen molar-refractivity contribution in [3.05, 3.63) is 112 Å². The lowest BCUT2D eigenvalue weighted by Gasteiger charge is -2.27. The summed E-state index contributed by atoms with van der Waals surface area (Å²) in [5.41, 5.74) is 3.74. The number of hydrogen-bond donors (Lipinski definition) is 6. The molecule has 0 fully saturated rings. The van der Waals surface area contributed by atoms with Crippen molar-refractivity contribution < 1.29 is 33.9 Å². The van der Waals surface area contributed by atoms with Gasteiger partial charge in [0, 0.05) is 42.7 Å². The fourth-order valence-corrected chi connectivity index (χ4v) is 6.90. The lowest BCUT2D eigenvalue weighted by Crippen LogP contribution is -2.58. The van der Waals surface area contributed by atoms with Crippen molar-refractivity contribution in [3.8, 4) is 11.1 Å². The van der Waals surface area contributed by atoms with Gasteiger partial charge in [-0.05, 0) is 58.2 Å². The van der Waals surface area contributed by atoms with Crippen LogP contribution in [0.3, 0.4) is 0 Å². The van der Waals surface area contributed by atoms with Crippen molar-refractivity contribution in [2.45, 2.75) is 76.5 Å². The largest absolute Gasteiger partial charge is 0.480 e. The number of rotatable bonds is 8. The van der Waals surface area contributed by atoms with E-state index in [0.717, 1.165) is 21.6 Å². The maximum Gasteiger partial charge on any atom is 0.326 e. The molecule has 0 radical (unpaired) electrons. The summed E-state index contributed by atoms with van der Waals surface area (Å²) in [4.78, 5) is 80.9. The molecule has 0 saturated carbocycles. The average molecular weight is 752 g/mol. The van der Waals surface area contributed by atoms with Gasteiger partial charge in [-0.2, -0.15) is 0 Å². The van der Waals surface area contributed by atoms with Crippen LogP contribution >= 0.6 is 11.3 Å². The Morgan fingerprint density at radius 3 is 1.93 bits per heavy atom. The van der Waals surface area contributed by atoms with E-state index in [1.54, 1.807) is 24.3 Å². The Balaban J connectivity index is 1.47. The van der Waals surface area contributed by atoms with Gasteiger partial charge in [0.05, 0.1) is 0 Å². The third-order valence-corrected chi connectivity index (χ3v) is 9.88. The van der Waals surface area contributed by atoms with Gasteiger partial charge in [0.1, 0.15) is 24.2 Å². The summed E-state index contributed by atoms with van der Waals surface area (Å²) in [5, 5.41) is 25.6. The van der Waals surface area contributed by atoms with Crippen molar-refractivity contribution in [2.24, 2.45) is 5.92 Å². The zero-order valence-corrected chi connectivity index (χ0v) is 31.0. The monoisotopic (exact) mass is 751 g/mol. The van der Waals surface area contributed by atoms with E-state index in [9.17, 15) is 33.9 Å². The molecule has 6 N–H and O–H groups in total. The number of carboxylic acids is 1. The number of anilines is 1. The second kappa shape index (κ2) is 18.8. The van der Waals surface area contributed by atoms with Crippen LogP contribution in [0.2, 0.25) is 0 Å². The molecule has 5 amide bonds. The van der Waals surface area contributed by atoms with E-state index >= 15 is 0 Å². The second-order valence-electron chi connectivity index (χ2n) is 13.8. The minimum atomic E-state index is -1.31. The first kappa shape index (κ1) is 39.4. The first-order valence-electron chi connectivity index (χ1n) is 17.9. The summed E-state index contributed by atoms with van der Waals surface area (Å²) in [6, 6.07) is 22.8. The molecule has 4 aromatic rings.